The van der Waals surface area contributed by atoms with Crippen molar-refractivity contribution in [2.45, 2.75) is 60.0 Å². The number of rotatable bonds is 9. The second-order valence-corrected chi connectivity index (χ2v) is 8.31. The Morgan fingerprint density at radius 2 is 1.38 bits per heavy atom. The molecular formula is C25H34N2O2. The van der Waals surface area contributed by atoms with E-state index in [0.717, 1.165) is 11.1 Å². The molecule has 0 heterocycles. The lowest BCUT2D eigenvalue weighted by Crippen LogP contribution is -2.48. The van der Waals surface area contributed by atoms with Crippen LogP contribution >= 0.6 is 0 Å². The summed E-state index contributed by atoms with van der Waals surface area (Å²) in [4.78, 5) is 27.4. The van der Waals surface area contributed by atoms with E-state index < -0.39 is 6.04 Å². The van der Waals surface area contributed by atoms with E-state index in [-0.39, 0.29) is 11.8 Å². The highest BCUT2D eigenvalue weighted by molar-refractivity contribution is 5.87. The van der Waals surface area contributed by atoms with E-state index in [9.17, 15) is 9.59 Å². The average molecular weight is 395 g/mol. The van der Waals surface area contributed by atoms with E-state index in [0.29, 0.717) is 31.8 Å². The highest BCUT2D eigenvalue weighted by atomic mass is 16.2. The standard InChI is InChI=1S/C25H34N2O2/c1-18(2)16-26-25(29)21(5)27(17-23-12-8-20(4)9-13-23)24(28)15-14-22-10-6-19(3)7-11-22/h6-13,18,21H,14-17H2,1-5H3,(H,26,29)/t21-/m1/s1. The summed E-state index contributed by atoms with van der Waals surface area (Å²) in [6, 6.07) is 15.8. The summed E-state index contributed by atoms with van der Waals surface area (Å²) in [7, 11) is 0. The number of benzene rings is 2. The number of aryl methyl sites for hydroxylation is 3. The van der Waals surface area contributed by atoms with Crippen molar-refractivity contribution in [3.05, 3.63) is 70.8 Å². The zero-order chi connectivity index (χ0) is 21.4. The summed E-state index contributed by atoms with van der Waals surface area (Å²) in [5.74, 6) is 0.266. The lowest BCUT2D eigenvalue weighted by Gasteiger charge is -2.29. The maximum Gasteiger partial charge on any atom is 0.242 e. The van der Waals surface area contributed by atoms with Crippen LogP contribution in [-0.2, 0) is 22.6 Å². The molecule has 0 bridgehead atoms. The third kappa shape index (κ3) is 7.37. The average Bonchev–Trinajstić information content (AvgIpc) is 2.70. The van der Waals surface area contributed by atoms with Crippen LogP contribution in [0.15, 0.2) is 48.5 Å². The van der Waals surface area contributed by atoms with Crippen LogP contribution in [0.5, 0.6) is 0 Å². The molecule has 0 spiro atoms. The Hall–Kier alpha value is -2.62. The van der Waals surface area contributed by atoms with Crippen LogP contribution in [0.3, 0.4) is 0 Å². The molecule has 2 aromatic rings. The minimum absolute atomic E-state index is 0.00153. The first kappa shape index (κ1) is 22.7. The lowest BCUT2D eigenvalue weighted by molar-refractivity contribution is -0.140. The number of hydrogen-bond donors (Lipinski definition) is 1. The Labute approximate surface area is 175 Å². The van der Waals surface area contributed by atoms with Crippen LogP contribution in [-0.4, -0.2) is 29.3 Å². The van der Waals surface area contributed by atoms with Gasteiger partial charge in [0.2, 0.25) is 11.8 Å². The summed E-state index contributed by atoms with van der Waals surface area (Å²) < 4.78 is 0. The van der Waals surface area contributed by atoms with Crippen molar-refractivity contribution >= 4 is 11.8 Å². The third-order valence-corrected chi connectivity index (χ3v) is 5.07. The Morgan fingerprint density at radius 3 is 1.90 bits per heavy atom. The van der Waals surface area contributed by atoms with Crippen LogP contribution in [0.1, 0.15) is 49.4 Å². The fraction of sp³-hybridized carbons (Fsp3) is 0.440. The lowest BCUT2D eigenvalue weighted by atomic mass is 10.1. The van der Waals surface area contributed by atoms with Crippen molar-refractivity contribution < 1.29 is 9.59 Å². The molecule has 2 aromatic carbocycles. The molecule has 0 saturated heterocycles. The first-order chi connectivity index (χ1) is 13.8. The number of hydrogen-bond acceptors (Lipinski definition) is 2. The van der Waals surface area contributed by atoms with Crippen molar-refractivity contribution in [3.63, 3.8) is 0 Å². The Morgan fingerprint density at radius 1 is 0.862 bits per heavy atom. The van der Waals surface area contributed by atoms with Gasteiger partial charge in [0.1, 0.15) is 6.04 Å². The molecule has 1 N–H and O–H groups in total. The van der Waals surface area contributed by atoms with Crippen molar-refractivity contribution in [2.24, 2.45) is 5.92 Å². The van der Waals surface area contributed by atoms with Gasteiger partial charge in [0.25, 0.3) is 0 Å². The van der Waals surface area contributed by atoms with Gasteiger partial charge in [0, 0.05) is 19.5 Å². The fourth-order valence-electron chi connectivity index (χ4n) is 3.07. The Kier molecular flexibility index (Phi) is 8.44. The summed E-state index contributed by atoms with van der Waals surface area (Å²) >= 11 is 0. The Balaban J connectivity index is 2.10. The molecule has 2 rings (SSSR count). The predicted octanol–water partition coefficient (Wildman–Crippen LogP) is 4.43. The second kappa shape index (κ2) is 10.8. The summed E-state index contributed by atoms with van der Waals surface area (Å²) in [5, 5.41) is 2.96. The van der Waals surface area contributed by atoms with E-state index in [1.807, 2.05) is 38.1 Å². The molecule has 1 atom stereocenters. The molecule has 2 amide bonds. The fourth-order valence-corrected chi connectivity index (χ4v) is 3.07. The maximum absolute atomic E-state index is 13.1. The van der Waals surface area contributed by atoms with Gasteiger partial charge in [0.05, 0.1) is 0 Å². The number of nitrogens with zero attached hydrogens (tertiary/aromatic N) is 1. The van der Waals surface area contributed by atoms with E-state index in [4.69, 9.17) is 0 Å². The van der Waals surface area contributed by atoms with Crippen molar-refractivity contribution in [1.82, 2.24) is 10.2 Å². The number of amides is 2. The van der Waals surface area contributed by atoms with E-state index in [2.05, 4.69) is 50.4 Å². The minimum atomic E-state index is -0.513. The molecular weight excluding hydrogens is 360 g/mol. The van der Waals surface area contributed by atoms with Crippen LogP contribution < -0.4 is 5.32 Å². The molecule has 29 heavy (non-hydrogen) atoms. The summed E-state index contributed by atoms with van der Waals surface area (Å²) in [5.41, 5.74) is 4.55. The van der Waals surface area contributed by atoms with Gasteiger partial charge < -0.3 is 10.2 Å². The van der Waals surface area contributed by atoms with Gasteiger partial charge in [-0.25, -0.2) is 0 Å². The van der Waals surface area contributed by atoms with E-state index in [1.54, 1.807) is 4.90 Å². The van der Waals surface area contributed by atoms with Crippen molar-refractivity contribution in [1.29, 1.82) is 0 Å². The van der Waals surface area contributed by atoms with Crippen LogP contribution in [0, 0.1) is 19.8 Å². The second-order valence-electron chi connectivity index (χ2n) is 8.31. The number of carbonyl (C=O) groups is 2. The molecule has 0 aliphatic heterocycles. The topological polar surface area (TPSA) is 49.4 Å². The van der Waals surface area contributed by atoms with E-state index >= 15 is 0 Å². The SMILES string of the molecule is Cc1ccc(CCC(=O)N(Cc2ccc(C)cc2)[C@H](C)C(=O)NCC(C)C)cc1. The van der Waals surface area contributed by atoms with Gasteiger partial charge >= 0.3 is 0 Å². The molecule has 0 radical (unpaired) electrons. The Bertz CT molecular complexity index is 795. The molecule has 0 saturated carbocycles. The number of carbonyl (C=O) groups excluding carboxylic acids is 2. The van der Waals surface area contributed by atoms with Crippen molar-refractivity contribution in [3.8, 4) is 0 Å². The molecule has 4 heteroatoms. The smallest absolute Gasteiger partial charge is 0.242 e. The van der Waals surface area contributed by atoms with Gasteiger partial charge in [0.15, 0.2) is 0 Å². The normalized spacial score (nSPS) is 11.9. The van der Waals surface area contributed by atoms with Crippen LogP contribution in [0.4, 0.5) is 0 Å². The summed E-state index contributed by atoms with van der Waals surface area (Å²) in [6.45, 7) is 11.1. The quantitative estimate of drug-likeness (QED) is 0.684. The van der Waals surface area contributed by atoms with Gasteiger partial charge in [-0.05, 0) is 44.2 Å². The van der Waals surface area contributed by atoms with Gasteiger partial charge in [-0.1, -0.05) is 73.5 Å². The predicted molar refractivity (Wildman–Crippen MR) is 119 cm³/mol. The van der Waals surface area contributed by atoms with Gasteiger partial charge in [-0.2, -0.15) is 0 Å². The zero-order valence-electron chi connectivity index (χ0n) is 18.4. The molecule has 0 unspecified atom stereocenters. The van der Waals surface area contributed by atoms with Crippen LogP contribution in [0.25, 0.3) is 0 Å². The summed E-state index contributed by atoms with van der Waals surface area (Å²) in [6.07, 6.45) is 1.06. The highest BCUT2D eigenvalue weighted by Gasteiger charge is 2.25. The molecule has 0 aromatic heterocycles. The molecule has 156 valence electrons. The maximum atomic E-state index is 13.1. The third-order valence-electron chi connectivity index (χ3n) is 5.07. The highest BCUT2D eigenvalue weighted by Crippen LogP contribution is 2.14. The van der Waals surface area contributed by atoms with Crippen molar-refractivity contribution in [2.75, 3.05) is 6.54 Å². The largest absolute Gasteiger partial charge is 0.354 e. The molecule has 0 fully saturated rings. The monoisotopic (exact) mass is 394 g/mol. The first-order valence-corrected chi connectivity index (χ1v) is 10.4. The van der Waals surface area contributed by atoms with Crippen LogP contribution in [0.2, 0.25) is 0 Å². The molecule has 4 nitrogen and oxygen atoms in total. The minimum Gasteiger partial charge on any atom is -0.354 e. The van der Waals surface area contributed by atoms with Gasteiger partial charge in [-0.15, -0.1) is 0 Å². The zero-order valence-corrected chi connectivity index (χ0v) is 18.4. The molecule has 0 aliphatic carbocycles. The number of nitrogens with one attached hydrogen (secondary N) is 1. The van der Waals surface area contributed by atoms with E-state index in [1.165, 1.54) is 11.1 Å². The first-order valence-electron chi connectivity index (χ1n) is 10.4. The van der Waals surface area contributed by atoms with Gasteiger partial charge in [-0.3, -0.25) is 9.59 Å². The molecule has 0 aliphatic rings.